The fraction of sp³-hybridized carbons (Fsp3) is 0.737. The summed E-state index contributed by atoms with van der Waals surface area (Å²) >= 11 is 0. The van der Waals surface area contributed by atoms with Crippen molar-refractivity contribution < 1.29 is 9.53 Å². The fourth-order valence-corrected chi connectivity index (χ4v) is 4.89. The second-order valence-electron chi connectivity index (χ2n) is 7.80. The molecular weight excluding hydrogens is 316 g/mol. The minimum atomic E-state index is 0.349. The Kier molecular flexibility index (Phi) is 4.88. The van der Waals surface area contributed by atoms with Crippen LogP contribution in [-0.4, -0.2) is 60.2 Å². The molecule has 0 aromatic carbocycles. The Balaban J connectivity index is 1.36. The SMILES string of the molecule is CN(c1cnccn1)[C@H]1CC[C@@H]2CN(C(=O)CC3CCOCC3)C[C@@H]21. The highest BCUT2D eigenvalue weighted by Gasteiger charge is 2.45. The van der Waals surface area contributed by atoms with Gasteiger partial charge < -0.3 is 14.5 Å². The molecule has 3 atom stereocenters. The van der Waals surface area contributed by atoms with E-state index >= 15 is 0 Å². The lowest BCUT2D eigenvalue weighted by Gasteiger charge is -2.30. The number of anilines is 1. The molecule has 136 valence electrons. The lowest BCUT2D eigenvalue weighted by Crippen LogP contribution is -2.39. The summed E-state index contributed by atoms with van der Waals surface area (Å²) in [7, 11) is 2.11. The Bertz CT molecular complexity index is 590. The molecule has 4 rings (SSSR count). The van der Waals surface area contributed by atoms with Crippen molar-refractivity contribution in [2.45, 2.75) is 38.1 Å². The Labute approximate surface area is 149 Å². The molecule has 1 aromatic rings. The van der Waals surface area contributed by atoms with E-state index in [9.17, 15) is 4.79 Å². The fourth-order valence-electron chi connectivity index (χ4n) is 4.89. The third-order valence-corrected chi connectivity index (χ3v) is 6.38. The molecule has 1 aromatic heterocycles. The number of amides is 1. The zero-order valence-corrected chi connectivity index (χ0v) is 15.0. The summed E-state index contributed by atoms with van der Waals surface area (Å²) < 4.78 is 5.41. The van der Waals surface area contributed by atoms with E-state index in [1.54, 1.807) is 12.4 Å². The molecule has 1 amide bonds. The molecule has 3 fully saturated rings. The molecule has 1 saturated carbocycles. The molecule has 0 N–H and O–H groups in total. The number of likely N-dealkylation sites (tertiary alicyclic amines) is 1. The number of carbonyl (C=O) groups is 1. The number of carbonyl (C=O) groups excluding carboxylic acids is 1. The topological polar surface area (TPSA) is 58.6 Å². The molecule has 2 aliphatic heterocycles. The van der Waals surface area contributed by atoms with Crippen LogP contribution in [0.5, 0.6) is 0 Å². The first kappa shape index (κ1) is 16.8. The van der Waals surface area contributed by atoms with E-state index in [4.69, 9.17) is 4.74 Å². The number of hydrogen-bond donors (Lipinski definition) is 0. The minimum absolute atomic E-state index is 0.349. The van der Waals surface area contributed by atoms with Gasteiger partial charge in [0.15, 0.2) is 0 Å². The molecule has 25 heavy (non-hydrogen) atoms. The molecule has 2 saturated heterocycles. The van der Waals surface area contributed by atoms with Crippen LogP contribution >= 0.6 is 0 Å². The first-order valence-corrected chi connectivity index (χ1v) is 9.56. The molecule has 6 nitrogen and oxygen atoms in total. The Morgan fingerprint density at radius 3 is 2.84 bits per heavy atom. The monoisotopic (exact) mass is 344 g/mol. The maximum Gasteiger partial charge on any atom is 0.222 e. The van der Waals surface area contributed by atoms with Crippen LogP contribution in [0.4, 0.5) is 5.82 Å². The maximum atomic E-state index is 12.7. The van der Waals surface area contributed by atoms with Crippen LogP contribution in [0.1, 0.15) is 32.1 Å². The van der Waals surface area contributed by atoms with Gasteiger partial charge in [0.1, 0.15) is 5.82 Å². The molecular formula is C19H28N4O2. The molecule has 0 bridgehead atoms. The van der Waals surface area contributed by atoms with E-state index in [1.165, 1.54) is 12.8 Å². The van der Waals surface area contributed by atoms with Gasteiger partial charge in [0, 0.05) is 64.1 Å². The van der Waals surface area contributed by atoms with Gasteiger partial charge in [0.25, 0.3) is 0 Å². The second kappa shape index (κ2) is 7.28. The molecule has 3 aliphatic rings. The highest BCUT2D eigenvalue weighted by Crippen LogP contribution is 2.41. The zero-order chi connectivity index (χ0) is 17.2. The standard InChI is InChI=1S/C19H28N4O2/c1-22(18-11-20-6-7-21-18)17-3-2-15-12-23(13-16(15)17)19(24)10-14-4-8-25-9-5-14/h6-7,11,14-17H,2-5,8-10,12-13H2,1H3/t15-,16+,17+/m1/s1. The van der Waals surface area contributed by atoms with Crippen molar-refractivity contribution in [2.24, 2.45) is 17.8 Å². The average molecular weight is 344 g/mol. The maximum absolute atomic E-state index is 12.7. The lowest BCUT2D eigenvalue weighted by atomic mass is 9.96. The first-order chi connectivity index (χ1) is 12.2. The normalized spacial score (nSPS) is 29.6. The second-order valence-corrected chi connectivity index (χ2v) is 7.80. The van der Waals surface area contributed by atoms with E-state index in [2.05, 4.69) is 26.8 Å². The predicted octanol–water partition coefficient (Wildman–Crippen LogP) is 1.97. The van der Waals surface area contributed by atoms with E-state index in [0.29, 0.717) is 36.1 Å². The van der Waals surface area contributed by atoms with Crippen LogP contribution in [0.15, 0.2) is 18.6 Å². The number of ether oxygens (including phenoxy) is 1. The third kappa shape index (κ3) is 3.50. The van der Waals surface area contributed by atoms with E-state index < -0.39 is 0 Å². The number of aromatic nitrogens is 2. The van der Waals surface area contributed by atoms with Crippen molar-refractivity contribution >= 4 is 11.7 Å². The number of nitrogens with zero attached hydrogens (tertiary/aromatic N) is 4. The van der Waals surface area contributed by atoms with Gasteiger partial charge in [0.2, 0.25) is 5.91 Å². The van der Waals surface area contributed by atoms with Crippen LogP contribution in [-0.2, 0) is 9.53 Å². The Morgan fingerprint density at radius 2 is 2.08 bits per heavy atom. The van der Waals surface area contributed by atoms with E-state index in [0.717, 1.165) is 45.0 Å². The van der Waals surface area contributed by atoms with Crippen molar-refractivity contribution in [3.63, 3.8) is 0 Å². The molecule has 0 spiro atoms. The van der Waals surface area contributed by atoms with Crippen molar-refractivity contribution in [1.29, 1.82) is 0 Å². The summed E-state index contributed by atoms with van der Waals surface area (Å²) in [5.74, 6) is 3.00. The summed E-state index contributed by atoms with van der Waals surface area (Å²) in [6.45, 7) is 3.47. The highest BCUT2D eigenvalue weighted by molar-refractivity contribution is 5.76. The Hall–Kier alpha value is -1.69. The number of fused-ring (bicyclic) bond motifs is 1. The van der Waals surface area contributed by atoms with Crippen LogP contribution in [0, 0.1) is 17.8 Å². The van der Waals surface area contributed by atoms with Crippen molar-refractivity contribution in [2.75, 3.05) is 38.3 Å². The predicted molar refractivity (Wildman–Crippen MR) is 95.2 cm³/mol. The summed E-state index contributed by atoms with van der Waals surface area (Å²) in [4.78, 5) is 25.8. The highest BCUT2D eigenvalue weighted by atomic mass is 16.5. The minimum Gasteiger partial charge on any atom is -0.381 e. The van der Waals surface area contributed by atoms with Crippen molar-refractivity contribution in [3.05, 3.63) is 18.6 Å². The van der Waals surface area contributed by atoms with E-state index in [-0.39, 0.29) is 0 Å². The molecule has 6 heteroatoms. The summed E-state index contributed by atoms with van der Waals surface area (Å²) in [6, 6.07) is 0.461. The van der Waals surface area contributed by atoms with Crippen LogP contribution in [0.25, 0.3) is 0 Å². The smallest absolute Gasteiger partial charge is 0.222 e. The quantitative estimate of drug-likeness (QED) is 0.836. The lowest BCUT2D eigenvalue weighted by molar-refractivity contribution is -0.132. The first-order valence-electron chi connectivity index (χ1n) is 9.56. The van der Waals surface area contributed by atoms with Gasteiger partial charge in [-0.1, -0.05) is 0 Å². The summed E-state index contributed by atoms with van der Waals surface area (Å²) in [5, 5.41) is 0. The summed E-state index contributed by atoms with van der Waals surface area (Å²) in [5.41, 5.74) is 0. The van der Waals surface area contributed by atoms with Crippen molar-refractivity contribution in [3.8, 4) is 0 Å². The van der Waals surface area contributed by atoms with Gasteiger partial charge in [-0.2, -0.15) is 0 Å². The van der Waals surface area contributed by atoms with Gasteiger partial charge in [-0.15, -0.1) is 0 Å². The van der Waals surface area contributed by atoms with Gasteiger partial charge in [-0.25, -0.2) is 4.98 Å². The number of rotatable bonds is 4. The van der Waals surface area contributed by atoms with Crippen LogP contribution in [0.2, 0.25) is 0 Å². The average Bonchev–Trinajstić information content (AvgIpc) is 3.23. The van der Waals surface area contributed by atoms with Gasteiger partial charge in [0.05, 0.1) is 6.20 Å². The van der Waals surface area contributed by atoms with E-state index in [1.807, 2.05) is 6.20 Å². The van der Waals surface area contributed by atoms with Gasteiger partial charge in [-0.3, -0.25) is 9.78 Å². The largest absolute Gasteiger partial charge is 0.381 e. The molecule has 0 radical (unpaired) electrons. The molecule has 3 heterocycles. The van der Waals surface area contributed by atoms with Gasteiger partial charge >= 0.3 is 0 Å². The number of hydrogen-bond acceptors (Lipinski definition) is 5. The molecule has 0 unspecified atom stereocenters. The van der Waals surface area contributed by atoms with Gasteiger partial charge in [-0.05, 0) is 37.5 Å². The van der Waals surface area contributed by atoms with Crippen LogP contribution < -0.4 is 4.90 Å². The molecule has 1 aliphatic carbocycles. The zero-order valence-electron chi connectivity index (χ0n) is 15.0. The van der Waals surface area contributed by atoms with Crippen LogP contribution in [0.3, 0.4) is 0 Å². The van der Waals surface area contributed by atoms with Crippen molar-refractivity contribution in [1.82, 2.24) is 14.9 Å². The third-order valence-electron chi connectivity index (χ3n) is 6.38. The Morgan fingerprint density at radius 1 is 1.24 bits per heavy atom. The summed E-state index contributed by atoms with van der Waals surface area (Å²) in [6.07, 6.45) is 10.4.